The quantitative estimate of drug-likeness (QED) is 0.531. The maximum atomic E-state index is 12.4. The van der Waals surface area contributed by atoms with E-state index >= 15 is 0 Å². The van der Waals surface area contributed by atoms with E-state index in [-0.39, 0.29) is 11.9 Å². The minimum absolute atomic E-state index is 0.206. The molecule has 2 radical (unpaired) electrons. The number of carbonyl (C=O) groups excluding carboxylic acids is 2. The number of fused-ring (bicyclic) bond motifs is 3. The summed E-state index contributed by atoms with van der Waals surface area (Å²) >= 11 is 2.19. The highest BCUT2D eigenvalue weighted by molar-refractivity contribution is 6.18. The summed E-state index contributed by atoms with van der Waals surface area (Å²) in [5, 5.41) is 3.61. The van der Waals surface area contributed by atoms with Crippen LogP contribution in [0.5, 0.6) is 0 Å². The Morgan fingerprint density at radius 3 is 2.56 bits per heavy atom. The minimum Gasteiger partial charge on any atom is -0.459 e. The topological polar surface area (TPSA) is 124 Å². The molecule has 0 aliphatic carbocycles. The molecule has 1 aromatic carbocycles. The van der Waals surface area contributed by atoms with Crippen molar-refractivity contribution in [2.24, 2.45) is 0 Å². The first-order valence-corrected chi connectivity index (χ1v) is 10.6. The Bertz CT molecular complexity index is 1240. The molecule has 0 fully saturated rings. The number of hydrogen-bond donors (Lipinski definition) is 3. The van der Waals surface area contributed by atoms with E-state index in [0.29, 0.717) is 29.0 Å². The van der Waals surface area contributed by atoms with Gasteiger partial charge in [0.05, 0.1) is 17.1 Å². The molecule has 9 nitrogen and oxygen atoms in total. The largest absolute Gasteiger partial charge is 0.459 e. The fraction of sp³-hybridized carbons (Fsp3) is 0.273. The molecule has 2 aromatic heterocycles. The molecule has 2 amide bonds. The first-order chi connectivity index (χ1) is 15.1. The van der Waals surface area contributed by atoms with Gasteiger partial charge in [-0.15, -0.1) is 0 Å². The molecule has 32 heavy (non-hydrogen) atoms. The van der Waals surface area contributed by atoms with Crippen LogP contribution < -0.4 is 15.4 Å². The molecule has 162 valence electrons. The summed E-state index contributed by atoms with van der Waals surface area (Å²) < 4.78 is 9.92. The lowest BCUT2D eigenvalue weighted by molar-refractivity contribution is 0.0515. The second-order valence-corrected chi connectivity index (χ2v) is 8.86. The molecule has 4 rings (SSSR count). The lowest BCUT2D eigenvalue weighted by atomic mass is 9.97. The van der Waals surface area contributed by atoms with Crippen molar-refractivity contribution in [2.45, 2.75) is 39.0 Å². The van der Waals surface area contributed by atoms with Crippen molar-refractivity contribution in [3.8, 4) is 11.1 Å². The van der Waals surface area contributed by atoms with Gasteiger partial charge in [0.25, 0.3) is 0 Å². The van der Waals surface area contributed by atoms with Crippen molar-refractivity contribution in [3.05, 3.63) is 48.4 Å². The van der Waals surface area contributed by atoms with Crippen molar-refractivity contribution in [1.29, 1.82) is 0 Å². The van der Waals surface area contributed by atoms with E-state index in [1.807, 2.05) is 37.5 Å². The van der Waals surface area contributed by atoms with Crippen molar-refractivity contribution >= 4 is 50.9 Å². The Labute approximate surface area is 193 Å². The number of anilines is 1. The zero-order chi connectivity index (χ0) is 23.2. The second kappa shape index (κ2) is 7.97. The molecule has 3 aromatic rings. The lowest BCUT2D eigenvalue weighted by Crippen LogP contribution is -2.39. The van der Waals surface area contributed by atoms with Gasteiger partial charge in [0.1, 0.15) is 23.4 Å². The summed E-state index contributed by atoms with van der Waals surface area (Å²) in [6.07, 6.45) is 0.903. The highest BCUT2D eigenvalue weighted by Crippen LogP contribution is 2.43. The normalized spacial score (nSPS) is 15.5. The van der Waals surface area contributed by atoms with E-state index in [2.05, 4.69) is 42.7 Å². The van der Waals surface area contributed by atoms with E-state index in [4.69, 9.17) is 10.5 Å². The molecule has 0 spiro atoms. The van der Waals surface area contributed by atoms with E-state index in [9.17, 15) is 9.59 Å². The monoisotopic (exact) mass is 446 g/mol. The number of amides is 2. The smallest absolute Gasteiger partial charge is 0.408 e. The van der Waals surface area contributed by atoms with E-state index in [0.717, 1.165) is 22.4 Å². The van der Waals surface area contributed by atoms with Gasteiger partial charge in [-0.2, -0.15) is 0 Å². The summed E-state index contributed by atoms with van der Waals surface area (Å²) in [4.78, 5) is 32.9. The number of rotatable bonds is 3. The molecule has 1 aliphatic heterocycles. The van der Waals surface area contributed by atoms with Crippen molar-refractivity contribution < 1.29 is 14.3 Å². The van der Waals surface area contributed by atoms with Crippen LogP contribution in [0.4, 0.5) is 10.6 Å². The Morgan fingerprint density at radius 1 is 1.25 bits per heavy atom. The fourth-order valence-electron chi connectivity index (χ4n) is 3.90. The fourth-order valence-corrected chi connectivity index (χ4v) is 4.06. The number of alkyl carbamates (subject to hydrolysis) is 1. The minimum atomic E-state index is -0.607. The first kappa shape index (κ1) is 21.9. The van der Waals surface area contributed by atoms with E-state index < -0.39 is 11.7 Å². The van der Waals surface area contributed by atoms with Gasteiger partial charge < -0.3 is 24.7 Å². The molecule has 10 heteroatoms. The van der Waals surface area contributed by atoms with Crippen LogP contribution in [0.3, 0.4) is 0 Å². The predicted molar refractivity (Wildman–Crippen MR) is 123 cm³/mol. The third-order valence-corrected chi connectivity index (χ3v) is 5.48. The maximum absolute atomic E-state index is 12.4. The predicted octanol–water partition coefficient (Wildman–Crippen LogP) is 2.41. The highest BCUT2D eigenvalue weighted by atomic mass is 27.1. The Hall–Kier alpha value is -3.35. The summed E-state index contributed by atoms with van der Waals surface area (Å²) in [6.45, 7) is 10.1. The van der Waals surface area contributed by atoms with E-state index in [1.54, 1.807) is 12.1 Å². The first-order valence-electron chi connectivity index (χ1n) is 10.0. The van der Waals surface area contributed by atoms with Gasteiger partial charge in [0.15, 0.2) is 0 Å². The SMILES string of the molecule is C=C1c2c(-c3ccc(C(=O)[NH][Al])cc3)c3c(N)ncnc3n2CC1NC(=O)OC(C)(C)C. The molecule has 0 saturated heterocycles. The average molecular weight is 446 g/mol. The summed E-state index contributed by atoms with van der Waals surface area (Å²) in [5.41, 5.74) is 9.99. The molecular formula is C22H23AlN6O3. The molecule has 1 atom stereocenters. The molecule has 1 unspecified atom stereocenters. The number of nitrogens with one attached hydrogen (secondary N) is 2. The van der Waals surface area contributed by atoms with Gasteiger partial charge in [0, 0.05) is 17.7 Å². The molecule has 0 bridgehead atoms. The van der Waals surface area contributed by atoms with Crippen LogP contribution in [0.1, 0.15) is 36.8 Å². The molecule has 1 aliphatic rings. The Kier molecular flexibility index (Phi) is 5.44. The number of hydrogen-bond acceptors (Lipinski definition) is 6. The van der Waals surface area contributed by atoms with Gasteiger partial charge in [-0.3, -0.25) is 4.79 Å². The molecule has 4 N–H and O–H groups in total. The van der Waals surface area contributed by atoms with Crippen LogP contribution >= 0.6 is 0 Å². The van der Waals surface area contributed by atoms with Crippen molar-refractivity contribution in [3.63, 3.8) is 0 Å². The van der Waals surface area contributed by atoms with Gasteiger partial charge >= 0.3 is 22.6 Å². The van der Waals surface area contributed by atoms with Crippen LogP contribution in [0.25, 0.3) is 27.7 Å². The number of nitrogens with zero attached hydrogens (tertiary/aromatic N) is 3. The van der Waals surface area contributed by atoms with Gasteiger partial charge in [-0.25, -0.2) is 14.8 Å². The molecule has 0 saturated carbocycles. The second-order valence-electron chi connectivity index (χ2n) is 8.57. The molecular weight excluding hydrogens is 423 g/mol. The number of aromatic nitrogens is 3. The number of ether oxygens (including phenoxy) is 1. The standard InChI is InChI=1S/C22H24N6O3.Al/c1-11-14(27-21(30)31-22(2,3)4)9-28-17(11)15(16-18(23)25-10-26-20(16)28)12-5-7-13(8-6-12)19(24)29;/h5-8,10,14H,1,9H2,2-4H3,(H5,23,24,25,26,27,29,30);/q;+1/p-1. The van der Waals surface area contributed by atoms with Gasteiger partial charge in [-0.05, 0) is 44.0 Å². The van der Waals surface area contributed by atoms with Crippen LogP contribution in [-0.2, 0) is 11.3 Å². The van der Waals surface area contributed by atoms with Crippen LogP contribution in [-0.4, -0.2) is 54.7 Å². The lowest BCUT2D eigenvalue weighted by Gasteiger charge is -2.22. The van der Waals surface area contributed by atoms with Crippen molar-refractivity contribution in [1.82, 2.24) is 24.2 Å². The number of nitrogen functional groups attached to an aromatic ring is 1. The summed E-state index contributed by atoms with van der Waals surface area (Å²) in [6, 6.07) is 6.80. The van der Waals surface area contributed by atoms with Crippen LogP contribution in [0.2, 0.25) is 0 Å². The highest BCUT2D eigenvalue weighted by Gasteiger charge is 2.35. The third-order valence-electron chi connectivity index (χ3n) is 5.22. The van der Waals surface area contributed by atoms with Crippen molar-refractivity contribution in [2.75, 3.05) is 5.73 Å². The zero-order valence-electron chi connectivity index (χ0n) is 18.1. The zero-order valence-corrected chi connectivity index (χ0v) is 19.3. The van der Waals surface area contributed by atoms with Gasteiger partial charge in [-0.1, -0.05) is 18.7 Å². The summed E-state index contributed by atoms with van der Waals surface area (Å²) in [7, 11) is 0. The number of carbonyl (C=O) groups is 2. The van der Waals surface area contributed by atoms with E-state index in [1.165, 1.54) is 6.33 Å². The van der Waals surface area contributed by atoms with Crippen LogP contribution in [0.15, 0.2) is 37.2 Å². The molecule has 3 heterocycles. The summed E-state index contributed by atoms with van der Waals surface area (Å²) in [5.74, 6) is 0.144. The maximum Gasteiger partial charge on any atom is 0.408 e. The Morgan fingerprint density at radius 2 is 1.94 bits per heavy atom. The average Bonchev–Trinajstić information content (AvgIpc) is 3.22. The Balaban J connectivity index is 1.78. The number of benzene rings is 1. The third kappa shape index (κ3) is 3.83. The van der Waals surface area contributed by atoms with Crippen LogP contribution in [0, 0.1) is 0 Å². The number of nitrogens with two attached hydrogens (primary N) is 1. The van der Waals surface area contributed by atoms with Gasteiger partial charge in [0.2, 0.25) is 5.91 Å².